The number of halogens is 1. The van der Waals surface area contributed by atoms with Crippen molar-refractivity contribution in [2.75, 3.05) is 26.8 Å². The van der Waals surface area contributed by atoms with Gasteiger partial charge in [0.1, 0.15) is 24.5 Å². The molecule has 2 aromatic rings. The van der Waals surface area contributed by atoms with Gasteiger partial charge in [-0.15, -0.1) is 34.2 Å². The Morgan fingerprint density at radius 2 is 2.10 bits per heavy atom. The Bertz CT molecular complexity index is 747. The Morgan fingerprint density at radius 3 is 2.83 bits per heavy atom. The van der Waals surface area contributed by atoms with Gasteiger partial charge in [-0.2, -0.15) is 0 Å². The Kier molecular flexibility index (Phi) is 10.2. The molecule has 8 nitrogen and oxygen atoms in total. The third-order valence-corrected chi connectivity index (χ3v) is 4.68. The number of nitrogens with zero attached hydrogens (tertiary/aromatic N) is 4. The van der Waals surface area contributed by atoms with Crippen LogP contribution in [0.5, 0.6) is 5.75 Å². The minimum absolute atomic E-state index is 0. The second-order valence-electron chi connectivity index (χ2n) is 6.97. The first-order chi connectivity index (χ1) is 13.7. The van der Waals surface area contributed by atoms with Crippen molar-refractivity contribution < 1.29 is 9.47 Å². The molecule has 1 aromatic heterocycles. The van der Waals surface area contributed by atoms with Crippen LogP contribution >= 0.6 is 24.0 Å². The predicted octanol–water partition coefficient (Wildman–Crippen LogP) is 2.52. The second-order valence-corrected chi connectivity index (χ2v) is 6.97. The summed E-state index contributed by atoms with van der Waals surface area (Å²) in [5, 5.41) is 14.4. The van der Waals surface area contributed by atoms with Gasteiger partial charge in [-0.05, 0) is 31.4 Å². The lowest BCUT2D eigenvalue weighted by Crippen LogP contribution is -2.37. The van der Waals surface area contributed by atoms with E-state index in [-0.39, 0.29) is 30.1 Å². The standard InChI is InChI=1S/C20H30N6O2.HI/c1-16-5-6-17(19(11-16)28-18-7-10-27-13-18)12-23-20(21-2)22-8-3-4-9-26-14-24-25-15-26;/h5-6,11,14-15,18H,3-4,7-10,12-13H2,1-2H3,(H2,21,22,23);1H. The quantitative estimate of drug-likeness (QED) is 0.232. The monoisotopic (exact) mass is 514 g/mol. The molecule has 2 heterocycles. The number of ether oxygens (including phenoxy) is 2. The number of benzene rings is 1. The van der Waals surface area contributed by atoms with Crippen molar-refractivity contribution in [1.82, 2.24) is 25.4 Å². The number of rotatable bonds is 9. The minimum Gasteiger partial charge on any atom is -0.488 e. The largest absolute Gasteiger partial charge is 0.488 e. The molecule has 1 aliphatic heterocycles. The molecule has 0 spiro atoms. The van der Waals surface area contributed by atoms with Crippen LogP contribution in [0.4, 0.5) is 0 Å². The summed E-state index contributed by atoms with van der Waals surface area (Å²) in [6, 6.07) is 6.31. The molecule has 1 unspecified atom stereocenters. The first-order valence-electron chi connectivity index (χ1n) is 9.85. The highest BCUT2D eigenvalue weighted by atomic mass is 127. The zero-order valence-corrected chi connectivity index (χ0v) is 19.5. The zero-order chi connectivity index (χ0) is 19.6. The maximum absolute atomic E-state index is 6.16. The van der Waals surface area contributed by atoms with E-state index < -0.39 is 0 Å². The van der Waals surface area contributed by atoms with Gasteiger partial charge >= 0.3 is 0 Å². The number of unbranched alkanes of at least 4 members (excludes halogenated alkanes) is 1. The third kappa shape index (κ3) is 7.81. The van der Waals surface area contributed by atoms with Crippen LogP contribution in [0.3, 0.4) is 0 Å². The van der Waals surface area contributed by atoms with Crippen molar-refractivity contribution in [2.45, 2.75) is 45.4 Å². The second kappa shape index (κ2) is 12.6. The van der Waals surface area contributed by atoms with Crippen molar-refractivity contribution in [2.24, 2.45) is 4.99 Å². The van der Waals surface area contributed by atoms with Crippen molar-refractivity contribution in [3.63, 3.8) is 0 Å². The molecular weight excluding hydrogens is 483 g/mol. The van der Waals surface area contributed by atoms with Crippen LogP contribution in [0, 0.1) is 6.92 Å². The topological polar surface area (TPSA) is 85.6 Å². The van der Waals surface area contributed by atoms with E-state index in [1.54, 1.807) is 19.7 Å². The van der Waals surface area contributed by atoms with Crippen LogP contribution in [0.2, 0.25) is 0 Å². The van der Waals surface area contributed by atoms with Crippen LogP contribution in [0.25, 0.3) is 0 Å². The summed E-state index contributed by atoms with van der Waals surface area (Å²) in [7, 11) is 1.79. The summed E-state index contributed by atoms with van der Waals surface area (Å²) in [5.74, 6) is 1.72. The van der Waals surface area contributed by atoms with E-state index in [1.807, 2.05) is 4.57 Å². The van der Waals surface area contributed by atoms with Gasteiger partial charge in [0.25, 0.3) is 0 Å². The lowest BCUT2D eigenvalue weighted by molar-refractivity contribution is 0.140. The maximum atomic E-state index is 6.16. The summed E-state index contributed by atoms with van der Waals surface area (Å²) in [4.78, 5) is 4.31. The van der Waals surface area contributed by atoms with E-state index in [1.165, 1.54) is 5.56 Å². The molecule has 0 aliphatic carbocycles. The van der Waals surface area contributed by atoms with E-state index in [0.717, 1.165) is 56.2 Å². The van der Waals surface area contributed by atoms with Crippen LogP contribution in [0.1, 0.15) is 30.4 Å². The number of aliphatic imine (C=N–C) groups is 1. The molecule has 1 saturated heterocycles. The van der Waals surface area contributed by atoms with Crippen molar-refractivity contribution in [1.29, 1.82) is 0 Å². The molecule has 3 rings (SSSR count). The zero-order valence-electron chi connectivity index (χ0n) is 17.1. The third-order valence-electron chi connectivity index (χ3n) is 4.68. The summed E-state index contributed by atoms with van der Waals surface area (Å²) in [5.41, 5.74) is 2.31. The minimum atomic E-state index is 0. The van der Waals surface area contributed by atoms with Crippen LogP contribution < -0.4 is 15.4 Å². The van der Waals surface area contributed by atoms with E-state index in [4.69, 9.17) is 9.47 Å². The lowest BCUT2D eigenvalue weighted by Gasteiger charge is -2.18. The molecule has 160 valence electrons. The molecule has 0 saturated carbocycles. The number of nitrogens with one attached hydrogen (secondary N) is 2. The van der Waals surface area contributed by atoms with Gasteiger partial charge in [0.15, 0.2) is 5.96 Å². The molecule has 1 fully saturated rings. The number of aryl methyl sites for hydroxylation is 2. The van der Waals surface area contributed by atoms with Crippen LogP contribution in [-0.2, 0) is 17.8 Å². The Balaban J connectivity index is 0.00000300. The molecule has 9 heteroatoms. The van der Waals surface area contributed by atoms with E-state index in [0.29, 0.717) is 13.2 Å². The summed E-state index contributed by atoms with van der Waals surface area (Å²) >= 11 is 0. The van der Waals surface area contributed by atoms with Gasteiger partial charge < -0.3 is 24.7 Å². The predicted molar refractivity (Wildman–Crippen MR) is 124 cm³/mol. The Hall–Kier alpha value is -1.88. The maximum Gasteiger partial charge on any atom is 0.191 e. The highest BCUT2D eigenvalue weighted by molar-refractivity contribution is 14.0. The van der Waals surface area contributed by atoms with Gasteiger partial charge in [0.05, 0.1) is 13.2 Å². The first kappa shape index (κ1) is 23.4. The van der Waals surface area contributed by atoms with Crippen molar-refractivity contribution >= 4 is 29.9 Å². The van der Waals surface area contributed by atoms with Gasteiger partial charge in [0.2, 0.25) is 0 Å². The fraction of sp³-hybridized carbons (Fsp3) is 0.550. The van der Waals surface area contributed by atoms with Crippen molar-refractivity contribution in [3.05, 3.63) is 42.0 Å². The van der Waals surface area contributed by atoms with E-state index in [9.17, 15) is 0 Å². The molecule has 1 atom stereocenters. The molecule has 1 aliphatic rings. The summed E-state index contributed by atoms with van der Waals surface area (Å²) in [6.07, 6.45) is 6.67. The lowest BCUT2D eigenvalue weighted by atomic mass is 10.1. The number of aromatic nitrogens is 3. The van der Waals surface area contributed by atoms with Gasteiger partial charge in [0, 0.05) is 38.7 Å². The van der Waals surface area contributed by atoms with E-state index in [2.05, 4.69) is 50.9 Å². The van der Waals surface area contributed by atoms with Gasteiger partial charge in [-0.3, -0.25) is 4.99 Å². The summed E-state index contributed by atoms with van der Waals surface area (Å²) < 4.78 is 13.6. The molecular formula is C20H31IN6O2. The SMILES string of the molecule is CN=C(NCCCCn1cnnc1)NCc1ccc(C)cc1OC1CCOC1.I. The Labute approximate surface area is 189 Å². The smallest absolute Gasteiger partial charge is 0.191 e. The molecule has 0 amide bonds. The number of guanidine groups is 1. The average Bonchev–Trinajstić information content (AvgIpc) is 3.39. The average molecular weight is 514 g/mol. The molecule has 0 radical (unpaired) electrons. The molecule has 2 N–H and O–H groups in total. The number of hydrogen-bond donors (Lipinski definition) is 2. The number of hydrogen-bond acceptors (Lipinski definition) is 5. The fourth-order valence-electron chi connectivity index (χ4n) is 3.07. The van der Waals surface area contributed by atoms with Gasteiger partial charge in [-0.1, -0.05) is 12.1 Å². The first-order valence-corrected chi connectivity index (χ1v) is 9.85. The van der Waals surface area contributed by atoms with Gasteiger partial charge in [-0.25, -0.2) is 0 Å². The van der Waals surface area contributed by atoms with E-state index >= 15 is 0 Å². The molecule has 29 heavy (non-hydrogen) atoms. The van der Waals surface area contributed by atoms with Crippen LogP contribution in [0.15, 0.2) is 35.8 Å². The van der Waals surface area contributed by atoms with Crippen molar-refractivity contribution in [3.8, 4) is 5.75 Å². The fourth-order valence-corrected chi connectivity index (χ4v) is 3.07. The van der Waals surface area contributed by atoms with Crippen LogP contribution in [-0.4, -0.2) is 53.6 Å². The highest BCUT2D eigenvalue weighted by Gasteiger charge is 2.18. The highest BCUT2D eigenvalue weighted by Crippen LogP contribution is 2.23. The summed E-state index contributed by atoms with van der Waals surface area (Å²) in [6.45, 7) is 5.96. The normalized spacial score (nSPS) is 16.3. The molecule has 0 bridgehead atoms. The Morgan fingerprint density at radius 1 is 1.28 bits per heavy atom. The molecule has 1 aromatic carbocycles.